The van der Waals surface area contributed by atoms with E-state index in [0.29, 0.717) is 42.9 Å². The minimum Gasteiger partial charge on any atom is -0.508 e. The fourth-order valence-electron chi connectivity index (χ4n) is 4.40. The molecule has 1 saturated heterocycles. The zero-order valence-electron chi connectivity index (χ0n) is 17.6. The SMILES string of the molecule is N=C(CO)N1CCN(c2ncnc3c(F)c(-c4cc(O)cc5ccccc45)c(Cl)cc23)CC1. The number of aromatic nitrogens is 2. The van der Waals surface area contributed by atoms with E-state index in [1.807, 2.05) is 29.2 Å². The van der Waals surface area contributed by atoms with Crippen LogP contribution in [-0.4, -0.2) is 63.7 Å². The zero-order chi connectivity index (χ0) is 23.1. The van der Waals surface area contributed by atoms with Crippen LogP contribution in [0.1, 0.15) is 0 Å². The number of aliphatic hydroxyl groups is 1. The molecule has 3 aromatic carbocycles. The molecule has 1 aliphatic rings. The number of piperazine rings is 1. The third-order valence-electron chi connectivity index (χ3n) is 6.03. The third kappa shape index (κ3) is 3.71. The molecule has 1 fully saturated rings. The highest BCUT2D eigenvalue weighted by Gasteiger charge is 2.24. The van der Waals surface area contributed by atoms with E-state index in [1.165, 1.54) is 12.4 Å². The van der Waals surface area contributed by atoms with Crippen molar-refractivity contribution in [1.82, 2.24) is 14.9 Å². The van der Waals surface area contributed by atoms with Crippen molar-refractivity contribution in [2.75, 3.05) is 37.7 Å². The van der Waals surface area contributed by atoms with Crippen LogP contribution >= 0.6 is 11.6 Å². The van der Waals surface area contributed by atoms with E-state index in [4.69, 9.17) is 17.0 Å². The Morgan fingerprint density at radius 2 is 1.82 bits per heavy atom. The lowest BCUT2D eigenvalue weighted by atomic mass is 9.96. The van der Waals surface area contributed by atoms with Gasteiger partial charge in [0.25, 0.3) is 0 Å². The zero-order valence-corrected chi connectivity index (χ0v) is 18.3. The van der Waals surface area contributed by atoms with Crippen molar-refractivity contribution in [2.24, 2.45) is 0 Å². The van der Waals surface area contributed by atoms with Crippen LogP contribution in [0.4, 0.5) is 10.2 Å². The third-order valence-corrected chi connectivity index (χ3v) is 6.32. The first kappa shape index (κ1) is 21.4. The molecule has 0 atom stereocenters. The van der Waals surface area contributed by atoms with Crippen LogP contribution in [0.2, 0.25) is 5.02 Å². The van der Waals surface area contributed by atoms with Crippen LogP contribution in [0.5, 0.6) is 5.75 Å². The fourth-order valence-corrected chi connectivity index (χ4v) is 4.70. The van der Waals surface area contributed by atoms with Gasteiger partial charge in [-0.3, -0.25) is 5.41 Å². The number of phenolic OH excluding ortho intramolecular Hbond substituents is 1. The minimum atomic E-state index is -0.572. The van der Waals surface area contributed by atoms with Gasteiger partial charge in [-0.25, -0.2) is 14.4 Å². The van der Waals surface area contributed by atoms with E-state index >= 15 is 4.39 Å². The van der Waals surface area contributed by atoms with Crippen LogP contribution in [0.3, 0.4) is 0 Å². The fraction of sp³-hybridized carbons (Fsp3) is 0.208. The number of benzene rings is 3. The summed E-state index contributed by atoms with van der Waals surface area (Å²) in [5.41, 5.74) is 0.825. The summed E-state index contributed by atoms with van der Waals surface area (Å²) in [6.45, 7) is 1.92. The van der Waals surface area contributed by atoms with Crippen LogP contribution in [-0.2, 0) is 0 Å². The molecule has 5 rings (SSSR count). The molecule has 1 aliphatic heterocycles. The number of halogens is 2. The summed E-state index contributed by atoms with van der Waals surface area (Å²) in [5, 5.41) is 29.5. The summed E-state index contributed by atoms with van der Waals surface area (Å²) < 4.78 is 15.9. The summed E-state index contributed by atoms with van der Waals surface area (Å²) in [6, 6.07) is 12.2. The summed E-state index contributed by atoms with van der Waals surface area (Å²) in [5.74, 6) is 0.203. The molecule has 9 heteroatoms. The lowest BCUT2D eigenvalue weighted by Gasteiger charge is -2.36. The van der Waals surface area contributed by atoms with Gasteiger partial charge in [-0.1, -0.05) is 35.9 Å². The summed E-state index contributed by atoms with van der Waals surface area (Å²) in [7, 11) is 0. The average molecular weight is 466 g/mol. The van der Waals surface area contributed by atoms with Gasteiger partial charge in [0.2, 0.25) is 0 Å². The van der Waals surface area contributed by atoms with Gasteiger partial charge < -0.3 is 20.0 Å². The van der Waals surface area contributed by atoms with Crippen LogP contribution in [0.25, 0.3) is 32.8 Å². The highest BCUT2D eigenvalue weighted by atomic mass is 35.5. The average Bonchev–Trinajstić information content (AvgIpc) is 2.83. The van der Waals surface area contributed by atoms with Gasteiger partial charge in [-0.15, -0.1) is 0 Å². The van der Waals surface area contributed by atoms with Crippen LogP contribution in [0, 0.1) is 11.2 Å². The Balaban J connectivity index is 1.62. The first-order valence-corrected chi connectivity index (χ1v) is 10.9. The maximum atomic E-state index is 15.9. The Morgan fingerprint density at radius 3 is 2.58 bits per heavy atom. The van der Waals surface area contributed by atoms with Crippen molar-refractivity contribution in [3.8, 4) is 16.9 Å². The Bertz CT molecular complexity index is 1390. The van der Waals surface area contributed by atoms with Crippen molar-refractivity contribution >= 4 is 44.9 Å². The number of hydrogen-bond donors (Lipinski definition) is 3. The van der Waals surface area contributed by atoms with Crippen molar-refractivity contribution < 1.29 is 14.6 Å². The van der Waals surface area contributed by atoms with Gasteiger partial charge >= 0.3 is 0 Å². The second-order valence-corrected chi connectivity index (χ2v) is 8.34. The summed E-state index contributed by atoms with van der Waals surface area (Å²) in [4.78, 5) is 12.4. The normalized spacial score (nSPS) is 14.3. The second kappa shape index (κ2) is 8.46. The lowest BCUT2D eigenvalue weighted by molar-refractivity contribution is 0.308. The van der Waals surface area contributed by atoms with Gasteiger partial charge in [0.1, 0.15) is 35.9 Å². The number of aromatic hydroxyl groups is 1. The van der Waals surface area contributed by atoms with E-state index in [1.54, 1.807) is 17.0 Å². The number of anilines is 1. The number of phenols is 1. The van der Waals surface area contributed by atoms with Crippen LogP contribution in [0.15, 0.2) is 48.8 Å². The maximum absolute atomic E-state index is 15.9. The molecule has 4 aromatic rings. The highest BCUT2D eigenvalue weighted by Crippen LogP contribution is 2.41. The minimum absolute atomic E-state index is 0.0222. The van der Waals surface area contributed by atoms with E-state index in [2.05, 4.69) is 9.97 Å². The first-order chi connectivity index (χ1) is 16.0. The Morgan fingerprint density at radius 1 is 1.06 bits per heavy atom. The van der Waals surface area contributed by atoms with Crippen molar-refractivity contribution in [2.45, 2.75) is 0 Å². The topological polar surface area (TPSA) is 96.6 Å². The molecule has 0 saturated carbocycles. The number of rotatable bonds is 3. The Labute approximate surface area is 194 Å². The molecule has 0 unspecified atom stereocenters. The Hall–Kier alpha value is -3.49. The smallest absolute Gasteiger partial charge is 0.158 e. The largest absolute Gasteiger partial charge is 0.508 e. The second-order valence-electron chi connectivity index (χ2n) is 7.93. The molecule has 0 spiro atoms. The molecule has 2 heterocycles. The molecule has 33 heavy (non-hydrogen) atoms. The monoisotopic (exact) mass is 465 g/mol. The highest BCUT2D eigenvalue weighted by molar-refractivity contribution is 6.35. The predicted octanol–water partition coefficient (Wildman–Crippen LogP) is 4.04. The number of fused-ring (bicyclic) bond motifs is 2. The molecule has 0 bridgehead atoms. The van der Waals surface area contributed by atoms with Gasteiger partial charge in [-0.2, -0.15) is 0 Å². The molecular formula is C24H21ClFN5O2. The number of aliphatic hydroxyl groups excluding tert-OH is 1. The molecule has 1 aromatic heterocycles. The summed E-state index contributed by atoms with van der Waals surface area (Å²) in [6.07, 6.45) is 1.33. The maximum Gasteiger partial charge on any atom is 0.158 e. The van der Waals surface area contributed by atoms with Crippen molar-refractivity contribution in [3.63, 3.8) is 0 Å². The molecule has 0 aliphatic carbocycles. The van der Waals surface area contributed by atoms with E-state index < -0.39 is 5.82 Å². The van der Waals surface area contributed by atoms with Gasteiger partial charge in [0, 0.05) is 37.1 Å². The molecule has 168 valence electrons. The molecule has 7 nitrogen and oxygen atoms in total. The van der Waals surface area contributed by atoms with E-state index in [0.717, 1.165) is 10.8 Å². The van der Waals surface area contributed by atoms with Gasteiger partial charge in [0.15, 0.2) is 5.82 Å². The molecular weight excluding hydrogens is 445 g/mol. The number of nitrogens with one attached hydrogen (secondary N) is 1. The number of amidine groups is 1. The quantitative estimate of drug-likeness (QED) is 0.312. The van der Waals surface area contributed by atoms with Crippen molar-refractivity contribution in [1.29, 1.82) is 5.41 Å². The Kier molecular flexibility index (Phi) is 5.47. The number of hydrogen-bond acceptors (Lipinski definition) is 6. The standard InChI is InChI=1S/C24H21ClFN5O2/c25-19-11-18-23(28-13-29-24(18)31-7-5-30(6-8-31)20(27)12-32)22(26)21(19)17-10-15(33)9-14-3-1-2-4-16(14)17/h1-4,9-11,13,27,32-33H,5-8,12H2. The van der Waals surface area contributed by atoms with Crippen LogP contribution < -0.4 is 4.90 Å². The number of nitrogens with zero attached hydrogens (tertiary/aromatic N) is 4. The summed E-state index contributed by atoms with van der Waals surface area (Å²) >= 11 is 6.63. The predicted molar refractivity (Wildman–Crippen MR) is 128 cm³/mol. The molecule has 0 radical (unpaired) electrons. The molecule has 3 N–H and O–H groups in total. The van der Waals surface area contributed by atoms with Crippen molar-refractivity contribution in [3.05, 3.63) is 59.6 Å². The lowest BCUT2D eigenvalue weighted by Crippen LogP contribution is -2.49. The van der Waals surface area contributed by atoms with E-state index in [-0.39, 0.29) is 34.3 Å². The van der Waals surface area contributed by atoms with Gasteiger partial charge in [0.05, 0.1) is 5.02 Å². The molecule has 0 amide bonds. The van der Waals surface area contributed by atoms with Gasteiger partial charge in [-0.05, 0) is 34.5 Å². The first-order valence-electron chi connectivity index (χ1n) is 10.5. The van der Waals surface area contributed by atoms with E-state index in [9.17, 15) is 10.2 Å².